The summed E-state index contributed by atoms with van der Waals surface area (Å²) >= 11 is 0. The summed E-state index contributed by atoms with van der Waals surface area (Å²) in [4.78, 5) is 10.1. The van der Waals surface area contributed by atoms with Gasteiger partial charge in [0, 0.05) is 17.4 Å². The first-order chi connectivity index (χ1) is 9.77. The van der Waals surface area contributed by atoms with Gasteiger partial charge in [-0.3, -0.25) is 14.7 Å². The summed E-state index contributed by atoms with van der Waals surface area (Å²) in [5, 5.41) is 13.7. The van der Waals surface area contributed by atoms with Crippen LogP contribution in [0.25, 0.3) is 0 Å². The Morgan fingerprint density at radius 3 is 2.29 bits per heavy atom. The van der Waals surface area contributed by atoms with Crippen molar-refractivity contribution in [2.24, 2.45) is 0 Å². The van der Waals surface area contributed by atoms with E-state index >= 15 is 0 Å². The predicted molar refractivity (Wildman–Crippen MR) is 77.0 cm³/mol. The van der Waals surface area contributed by atoms with Crippen LogP contribution in [-0.2, 0) is 10.1 Å². The van der Waals surface area contributed by atoms with Crippen LogP contribution in [0.1, 0.15) is 0 Å². The van der Waals surface area contributed by atoms with Crippen LogP contribution in [0.15, 0.2) is 47.4 Å². The van der Waals surface area contributed by atoms with Crippen molar-refractivity contribution in [1.82, 2.24) is 0 Å². The smallest absolute Gasteiger partial charge is 0.294 e. The van der Waals surface area contributed by atoms with Crippen molar-refractivity contribution in [3.63, 3.8) is 0 Å². The topological polar surface area (TPSA) is 136 Å². The fraction of sp³-hybridized carbons (Fsp3) is 0. The van der Waals surface area contributed by atoms with Gasteiger partial charge in [0.05, 0.1) is 9.82 Å². The lowest BCUT2D eigenvalue weighted by molar-refractivity contribution is -0.383. The zero-order chi connectivity index (χ0) is 15.6. The summed E-state index contributed by atoms with van der Waals surface area (Å²) in [5.41, 5.74) is 6.20. The Hall–Kier alpha value is -2.65. The summed E-state index contributed by atoms with van der Waals surface area (Å²) in [5.74, 6) is 0. The van der Waals surface area contributed by atoms with Gasteiger partial charge in [-0.1, -0.05) is 0 Å². The largest absolute Gasteiger partial charge is 0.399 e. The third kappa shape index (κ3) is 3.46. The summed E-state index contributed by atoms with van der Waals surface area (Å²) < 4.78 is 30.7. The molecule has 0 aliphatic rings. The molecule has 2 aromatic carbocycles. The van der Waals surface area contributed by atoms with Crippen LogP contribution in [0.3, 0.4) is 0 Å². The van der Waals surface area contributed by atoms with E-state index in [2.05, 4.69) is 5.32 Å². The first-order valence-corrected chi connectivity index (χ1v) is 7.10. The fourth-order valence-corrected chi connectivity index (χ4v) is 2.15. The van der Waals surface area contributed by atoms with Crippen molar-refractivity contribution in [3.05, 3.63) is 52.6 Å². The molecule has 110 valence electrons. The van der Waals surface area contributed by atoms with Gasteiger partial charge < -0.3 is 11.1 Å². The molecule has 0 unspecified atom stereocenters. The highest BCUT2D eigenvalue weighted by Gasteiger charge is 2.14. The second-order valence-electron chi connectivity index (χ2n) is 4.16. The Bertz CT molecular complexity index is 787. The second-order valence-corrected chi connectivity index (χ2v) is 5.58. The summed E-state index contributed by atoms with van der Waals surface area (Å²) in [6, 6.07) is 9.29. The van der Waals surface area contributed by atoms with Gasteiger partial charge in [0.2, 0.25) is 0 Å². The minimum Gasteiger partial charge on any atom is -0.399 e. The Kier molecular flexibility index (Phi) is 3.78. The van der Waals surface area contributed by atoms with Crippen molar-refractivity contribution in [2.45, 2.75) is 4.90 Å². The number of nitrogens with zero attached hydrogens (tertiary/aromatic N) is 1. The molecule has 0 aliphatic carbocycles. The van der Waals surface area contributed by atoms with E-state index in [9.17, 15) is 18.5 Å². The molecule has 2 aromatic rings. The number of nitro groups is 1. The lowest BCUT2D eigenvalue weighted by Gasteiger charge is -2.08. The maximum Gasteiger partial charge on any atom is 0.294 e. The highest BCUT2D eigenvalue weighted by atomic mass is 32.2. The zero-order valence-electron chi connectivity index (χ0n) is 10.6. The molecular formula is C12H11N3O5S. The standard InChI is InChI=1S/C12H11N3O5S/c13-8-1-6-11(12(7-8)15(16)17)14-9-2-4-10(5-3-9)21(18,19)20/h1-7,14H,13H2,(H,18,19,20). The van der Waals surface area contributed by atoms with E-state index in [0.29, 0.717) is 5.69 Å². The number of nitro benzene ring substituents is 1. The zero-order valence-corrected chi connectivity index (χ0v) is 11.4. The Morgan fingerprint density at radius 1 is 1.14 bits per heavy atom. The number of hydrogen-bond donors (Lipinski definition) is 3. The minimum atomic E-state index is -4.27. The van der Waals surface area contributed by atoms with Crippen LogP contribution >= 0.6 is 0 Å². The normalized spacial score (nSPS) is 11.1. The van der Waals surface area contributed by atoms with Gasteiger partial charge in [0.1, 0.15) is 5.69 Å². The predicted octanol–water partition coefficient (Wildman–Crippen LogP) is 2.17. The average molecular weight is 309 g/mol. The molecule has 2 rings (SSSR count). The van der Waals surface area contributed by atoms with Crippen LogP contribution < -0.4 is 11.1 Å². The highest BCUT2D eigenvalue weighted by Crippen LogP contribution is 2.29. The van der Waals surface area contributed by atoms with E-state index in [4.69, 9.17) is 10.3 Å². The molecule has 0 amide bonds. The molecule has 0 atom stereocenters. The molecule has 0 saturated heterocycles. The van der Waals surface area contributed by atoms with Crippen LogP contribution in [0.4, 0.5) is 22.7 Å². The first kappa shape index (κ1) is 14.8. The molecule has 0 radical (unpaired) electrons. The van der Waals surface area contributed by atoms with Gasteiger partial charge >= 0.3 is 0 Å². The SMILES string of the molecule is Nc1ccc(Nc2ccc(S(=O)(=O)O)cc2)c([N+](=O)[O-])c1. The molecule has 0 spiro atoms. The van der Waals surface area contributed by atoms with Crippen molar-refractivity contribution in [1.29, 1.82) is 0 Å². The van der Waals surface area contributed by atoms with Gasteiger partial charge in [-0.05, 0) is 36.4 Å². The molecule has 8 nitrogen and oxygen atoms in total. The quantitative estimate of drug-likeness (QED) is 0.341. The third-order valence-corrected chi connectivity index (χ3v) is 3.52. The number of nitrogen functional groups attached to an aromatic ring is 1. The number of nitrogens with two attached hydrogens (primary N) is 1. The molecule has 21 heavy (non-hydrogen) atoms. The summed E-state index contributed by atoms with van der Waals surface area (Å²) in [7, 11) is -4.27. The average Bonchev–Trinajstić information content (AvgIpc) is 2.40. The van der Waals surface area contributed by atoms with Gasteiger partial charge in [0.25, 0.3) is 15.8 Å². The molecule has 0 fully saturated rings. The van der Waals surface area contributed by atoms with Crippen LogP contribution in [0, 0.1) is 10.1 Å². The van der Waals surface area contributed by atoms with Crippen molar-refractivity contribution in [2.75, 3.05) is 11.1 Å². The van der Waals surface area contributed by atoms with E-state index in [1.54, 1.807) is 0 Å². The molecule has 0 aliphatic heterocycles. The van der Waals surface area contributed by atoms with Gasteiger partial charge in [-0.25, -0.2) is 0 Å². The molecular weight excluding hydrogens is 298 g/mol. The van der Waals surface area contributed by atoms with Crippen molar-refractivity contribution >= 4 is 32.9 Å². The van der Waals surface area contributed by atoms with Gasteiger partial charge in [-0.2, -0.15) is 8.42 Å². The summed E-state index contributed by atoms with van der Waals surface area (Å²) in [6.07, 6.45) is 0. The van der Waals surface area contributed by atoms with E-state index in [1.807, 2.05) is 0 Å². The van der Waals surface area contributed by atoms with Gasteiger partial charge in [0.15, 0.2) is 0 Å². The van der Waals surface area contributed by atoms with E-state index in [0.717, 1.165) is 0 Å². The third-order valence-electron chi connectivity index (χ3n) is 2.65. The Balaban J connectivity index is 2.33. The molecule has 4 N–H and O–H groups in total. The number of benzene rings is 2. The van der Waals surface area contributed by atoms with E-state index in [-0.39, 0.29) is 22.0 Å². The minimum absolute atomic E-state index is 0.200. The maximum atomic E-state index is 10.9. The number of hydrogen-bond acceptors (Lipinski definition) is 6. The Labute approximate surface area is 120 Å². The van der Waals surface area contributed by atoms with Crippen molar-refractivity contribution < 1.29 is 17.9 Å². The summed E-state index contributed by atoms with van der Waals surface area (Å²) in [6.45, 7) is 0. The lowest BCUT2D eigenvalue weighted by Crippen LogP contribution is -2.00. The molecule has 0 heterocycles. The number of nitrogens with one attached hydrogen (secondary N) is 1. The van der Waals surface area contributed by atoms with Crippen LogP contribution in [-0.4, -0.2) is 17.9 Å². The molecule has 0 aromatic heterocycles. The monoisotopic (exact) mass is 309 g/mol. The molecule has 9 heteroatoms. The van der Waals surface area contributed by atoms with E-state index < -0.39 is 15.0 Å². The lowest BCUT2D eigenvalue weighted by atomic mass is 10.2. The molecule has 0 saturated carbocycles. The van der Waals surface area contributed by atoms with Crippen LogP contribution in [0.2, 0.25) is 0 Å². The maximum absolute atomic E-state index is 10.9. The van der Waals surface area contributed by atoms with Gasteiger partial charge in [-0.15, -0.1) is 0 Å². The molecule has 0 bridgehead atoms. The number of anilines is 3. The Morgan fingerprint density at radius 2 is 1.76 bits per heavy atom. The van der Waals surface area contributed by atoms with Crippen molar-refractivity contribution in [3.8, 4) is 0 Å². The highest BCUT2D eigenvalue weighted by molar-refractivity contribution is 7.85. The second kappa shape index (κ2) is 5.38. The number of rotatable bonds is 4. The first-order valence-electron chi connectivity index (χ1n) is 5.66. The fourth-order valence-electron chi connectivity index (χ4n) is 1.67. The van der Waals surface area contributed by atoms with Crippen LogP contribution in [0.5, 0.6) is 0 Å². The van der Waals surface area contributed by atoms with E-state index in [1.165, 1.54) is 42.5 Å².